The SMILES string of the molecule is CC1CCCCC1NC(=O)c1ccc2[nH]c(-c3ccc(C(=O)NC4CC5CCC4C5)cc3)nc2c1. The van der Waals surface area contributed by atoms with Crippen LogP contribution in [0.4, 0.5) is 0 Å². The standard InChI is InChI=1S/C29H34N4O2/c1-17-4-2-3-5-23(17)32-29(35)22-12-13-24-26(16-22)31-27(30-24)19-8-10-20(11-9-19)28(34)33-25-15-18-6-7-21(25)14-18/h8-13,16-18,21,23,25H,2-7,14-15H2,1H3,(H,30,31)(H,32,35)(H,33,34). The number of hydrogen-bond acceptors (Lipinski definition) is 3. The maximum absolute atomic E-state index is 12.9. The Kier molecular flexibility index (Phi) is 5.83. The van der Waals surface area contributed by atoms with E-state index in [9.17, 15) is 9.59 Å². The van der Waals surface area contributed by atoms with Gasteiger partial charge in [-0.2, -0.15) is 0 Å². The number of aromatic amines is 1. The van der Waals surface area contributed by atoms with E-state index in [0.717, 1.165) is 41.2 Å². The Morgan fingerprint density at radius 2 is 1.60 bits per heavy atom. The largest absolute Gasteiger partial charge is 0.349 e. The molecule has 0 radical (unpaired) electrons. The van der Waals surface area contributed by atoms with Crippen molar-refractivity contribution in [3.05, 3.63) is 53.6 Å². The molecule has 3 fully saturated rings. The topological polar surface area (TPSA) is 86.9 Å². The molecule has 3 saturated carbocycles. The first kappa shape index (κ1) is 22.3. The molecule has 3 aliphatic carbocycles. The van der Waals surface area contributed by atoms with Crippen LogP contribution in [0, 0.1) is 17.8 Å². The van der Waals surface area contributed by atoms with Crippen molar-refractivity contribution >= 4 is 22.8 Å². The fourth-order valence-corrected chi connectivity index (χ4v) is 6.52. The lowest BCUT2D eigenvalue weighted by Crippen LogP contribution is -2.41. The normalized spacial score (nSPS) is 27.7. The molecule has 2 amide bonds. The molecule has 6 nitrogen and oxygen atoms in total. The molecule has 6 rings (SSSR count). The van der Waals surface area contributed by atoms with Gasteiger partial charge in [-0.1, -0.05) is 38.3 Å². The van der Waals surface area contributed by atoms with Crippen LogP contribution in [0.5, 0.6) is 0 Å². The quantitative estimate of drug-likeness (QED) is 0.463. The van der Waals surface area contributed by atoms with Crippen molar-refractivity contribution in [3.8, 4) is 11.4 Å². The molecule has 0 spiro atoms. The Morgan fingerprint density at radius 1 is 0.857 bits per heavy atom. The number of hydrogen-bond donors (Lipinski definition) is 3. The van der Waals surface area contributed by atoms with Gasteiger partial charge in [-0.05, 0) is 80.2 Å². The zero-order valence-corrected chi connectivity index (χ0v) is 20.3. The third kappa shape index (κ3) is 4.46. The maximum Gasteiger partial charge on any atom is 0.251 e. The second-order valence-corrected chi connectivity index (χ2v) is 11.0. The van der Waals surface area contributed by atoms with Gasteiger partial charge in [0.1, 0.15) is 5.82 Å². The Morgan fingerprint density at radius 3 is 2.34 bits per heavy atom. The molecule has 182 valence electrons. The number of carbonyl (C=O) groups excluding carboxylic acids is 2. The molecule has 6 heteroatoms. The monoisotopic (exact) mass is 470 g/mol. The Balaban J connectivity index is 1.14. The number of benzene rings is 2. The molecular formula is C29H34N4O2. The van der Waals surface area contributed by atoms with Crippen LogP contribution in [0.2, 0.25) is 0 Å². The number of rotatable bonds is 5. The summed E-state index contributed by atoms with van der Waals surface area (Å²) in [6.45, 7) is 2.22. The maximum atomic E-state index is 12.9. The first-order valence-corrected chi connectivity index (χ1v) is 13.3. The van der Waals surface area contributed by atoms with Gasteiger partial charge < -0.3 is 15.6 Å². The van der Waals surface area contributed by atoms with Crippen LogP contribution in [0.1, 0.15) is 79.0 Å². The molecule has 1 heterocycles. The van der Waals surface area contributed by atoms with Crippen molar-refractivity contribution in [1.29, 1.82) is 0 Å². The van der Waals surface area contributed by atoms with Gasteiger partial charge in [-0.15, -0.1) is 0 Å². The molecule has 0 aliphatic heterocycles. The third-order valence-corrected chi connectivity index (χ3v) is 8.65. The van der Waals surface area contributed by atoms with E-state index >= 15 is 0 Å². The summed E-state index contributed by atoms with van der Waals surface area (Å²) in [5.41, 5.74) is 3.90. The van der Waals surface area contributed by atoms with E-state index in [1.54, 1.807) is 0 Å². The van der Waals surface area contributed by atoms with Crippen LogP contribution in [0.25, 0.3) is 22.4 Å². The molecule has 35 heavy (non-hydrogen) atoms. The van der Waals surface area contributed by atoms with E-state index in [2.05, 4.69) is 22.5 Å². The van der Waals surface area contributed by atoms with Gasteiger partial charge in [-0.3, -0.25) is 9.59 Å². The summed E-state index contributed by atoms with van der Waals surface area (Å²) in [5, 5.41) is 6.48. The van der Waals surface area contributed by atoms with Gasteiger partial charge in [0.25, 0.3) is 11.8 Å². The highest BCUT2D eigenvalue weighted by Gasteiger charge is 2.40. The predicted octanol–water partition coefficient (Wildman–Crippen LogP) is 5.46. The fourth-order valence-electron chi connectivity index (χ4n) is 6.52. The number of nitrogens with zero attached hydrogens (tertiary/aromatic N) is 1. The summed E-state index contributed by atoms with van der Waals surface area (Å²) in [5.74, 6) is 2.72. The van der Waals surface area contributed by atoms with Gasteiger partial charge >= 0.3 is 0 Å². The summed E-state index contributed by atoms with van der Waals surface area (Å²) >= 11 is 0. The number of fused-ring (bicyclic) bond motifs is 3. The smallest absolute Gasteiger partial charge is 0.251 e. The molecule has 1 aromatic heterocycles. The molecule has 5 unspecified atom stereocenters. The van der Waals surface area contributed by atoms with Gasteiger partial charge in [-0.25, -0.2) is 4.98 Å². The second-order valence-electron chi connectivity index (χ2n) is 11.0. The minimum Gasteiger partial charge on any atom is -0.349 e. The average Bonchev–Trinajstić information content (AvgIpc) is 3.61. The first-order chi connectivity index (χ1) is 17.0. The summed E-state index contributed by atoms with van der Waals surface area (Å²) in [6, 6.07) is 13.8. The van der Waals surface area contributed by atoms with Crippen LogP contribution in [0.3, 0.4) is 0 Å². The summed E-state index contributed by atoms with van der Waals surface area (Å²) in [7, 11) is 0. The average molecular weight is 471 g/mol. The third-order valence-electron chi connectivity index (χ3n) is 8.65. The molecule has 3 N–H and O–H groups in total. The Bertz CT molecular complexity index is 1250. The molecule has 0 saturated heterocycles. The zero-order chi connectivity index (χ0) is 23.9. The van der Waals surface area contributed by atoms with Crippen molar-refractivity contribution in [2.24, 2.45) is 17.8 Å². The van der Waals surface area contributed by atoms with E-state index in [-0.39, 0.29) is 17.9 Å². The van der Waals surface area contributed by atoms with Crippen LogP contribution in [-0.2, 0) is 0 Å². The Labute approximate surface area is 206 Å². The number of amides is 2. The zero-order valence-electron chi connectivity index (χ0n) is 20.3. The van der Waals surface area contributed by atoms with Gasteiger partial charge in [0.05, 0.1) is 11.0 Å². The number of nitrogens with one attached hydrogen (secondary N) is 3. The van der Waals surface area contributed by atoms with Crippen LogP contribution in [0.15, 0.2) is 42.5 Å². The number of carbonyl (C=O) groups is 2. The van der Waals surface area contributed by atoms with Crippen molar-refractivity contribution < 1.29 is 9.59 Å². The van der Waals surface area contributed by atoms with E-state index in [4.69, 9.17) is 4.98 Å². The highest BCUT2D eigenvalue weighted by molar-refractivity contribution is 5.98. The molecule has 3 aromatic rings. The molecule has 2 bridgehead atoms. The van der Waals surface area contributed by atoms with Crippen molar-refractivity contribution in [1.82, 2.24) is 20.6 Å². The van der Waals surface area contributed by atoms with Gasteiger partial charge in [0.15, 0.2) is 0 Å². The summed E-state index contributed by atoms with van der Waals surface area (Å²) in [6.07, 6.45) is 9.65. The lowest BCUT2D eigenvalue weighted by atomic mass is 9.86. The predicted molar refractivity (Wildman–Crippen MR) is 137 cm³/mol. The van der Waals surface area contributed by atoms with Gasteiger partial charge in [0.2, 0.25) is 0 Å². The first-order valence-electron chi connectivity index (χ1n) is 13.3. The van der Waals surface area contributed by atoms with Crippen molar-refractivity contribution in [2.75, 3.05) is 0 Å². The minimum absolute atomic E-state index is 0.0154. The van der Waals surface area contributed by atoms with Crippen molar-refractivity contribution in [2.45, 2.75) is 70.4 Å². The molecule has 2 aromatic carbocycles. The highest BCUT2D eigenvalue weighted by atomic mass is 16.2. The number of aromatic nitrogens is 2. The number of imidazole rings is 1. The fraction of sp³-hybridized carbons (Fsp3) is 0.483. The highest BCUT2D eigenvalue weighted by Crippen LogP contribution is 2.44. The minimum atomic E-state index is -0.0268. The van der Waals surface area contributed by atoms with Crippen LogP contribution >= 0.6 is 0 Å². The van der Waals surface area contributed by atoms with Gasteiger partial charge in [0, 0.05) is 28.8 Å². The van der Waals surface area contributed by atoms with E-state index < -0.39 is 0 Å². The molecule has 5 atom stereocenters. The Hall–Kier alpha value is -3.15. The molecule has 3 aliphatic rings. The number of H-pyrrole nitrogens is 1. The lowest BCUT2D eigenvalue weighted by Gasteiger charge is -2.29. The van der Waals surface area contributed by atoms with Crippen LogP contribution < -0.4 is 10.6 Å². The summed E-state index contributed by atoms with van der Waals surface area (Å²) < 4.78 is 0. The van der Waals surface area contributed by atoms with Crippen molar-refractivity contribution in [3.63, 3.8) is 0 Å². The second kappa shape index (κ2) is 9.14. The van der Waals surface area contributed by atoms with E-state index in [1.807, 2.05) is 42.5 Å². The van der Waals surface area contributed by atoms with E-state index in [1.165, 1.54) is 38.5 Å². The lowest BCUT2D eigenvalue weighted by molar-refractivity contribution is 0.0906. The molecular weight excluding hydrogens is 436 g/mol. The summed E-state index contributed by atoms with van der Waals surface area (Å²) in [4.78, 5) is 33.7. The van der Waals surface area contributed by atoms with E-state index in [0.29, 0.717) is 29.0 Å². The van der Waals surface area contributed by atoms with Crippen LogP contribution in [-0.4, -0.2) is 33.9 Å².